The van der Waals surface area contributed by atoms with E-state index in [4.69, 9.17) is 6.42 Å². The van der Waals surface area contributed by atoms with Gasteiger partial charge in [0.05, 0.1) is 17.3 Å². The maximum Gasteiger partial charge on any atom is 0.0993 e. The van der Waals surface area contributed by atoms with E-state index in [1.54, 1.807) is 4.68 Å². The number of aromatic nitrogens is 2. The average molecular weight is 214 g/mol. The summed E-state index contributed by atoms with van der Waals surface area (Å²) in [5.41, 5.74) is 1.74. The predicted molar refractivity (Wildman–Crippen MR) is 63.7 cm³/mol. The number of benzene rings is 1. The number of aliphatic hydroxyl groups excluding tert-OH is 1. The molecule has 0 aliphatic carbocycles. The molecule has 1 unspecified atom stereocenters. The molecular weight excluding hydrogens is 200 g/mol. The molecule has 3 heteroatoms. The van der Waals surface area contributed by atoms with Crippen LogP contribution in [0, 0.1) is 12.3 Å². The fourth-order valence-electron chi connectivity index (χ4n) is 1.84. The molecule has 0 saturated heterocycles. The largest absolute Gasteiger partial charge is 0.387 e. The van der Waals surface area contributed by atoms with Gasteiger partial charge < -0.3 is 5.11 Å². The molecule has 0 spiro atoms. The van der Waals surface area contributed by atoms with E-state index in [9.17, 15) is 5.11 Å². The van der Waals surface area contributed by atoms with Gasteiger partial charge >= 0.3 is 0 Å². The standard InChI is InChI=1S/C13H14N2O/c1-3-4-9-12(16)13-10-7-5-6-8-11(10)15(2)14-13/h1,5-8,12,16H,4,9H2,2H3. The van der Waals surface area contributed by atoms with Crippen LogP contribution in [0.3, 0.4) is 0 Å². The Morgan fingerprint density at radius 2 is 2.25 bits per heavy atom. The third-order valence-electron chi connectivity index (χ3n) is 2.66. The second-order valence-corrected chi connectivity index (χ2v) is 3.78. The summed E-state index contributed by atoms with van der Waals surface area (Å²) in [7, 11) is 1.87. The Labute approximate surface area is 94.7 Å². The minimum Gasteiger partial charge on any atom is -0.387 e. The highest BCUT2D eigenvalue weighted by Gasteiger charge is 2.15. The molecule has 1 atom stereocenters. The topological polar surface area (TPSA) is 38.1 Å². The zero-order chi connectivity index (χ0) is 11.5. The van der Waals surface area contributed by atoms with Gasteiger partial charge in [-0.25, -0.2) is 0 Å². The van der Waals surface area contributed by atoms with E-state index in [2.05, 4.69) is 11.0 Å². The first kappa shape index (κ1) is 10.7. The third kappa shape index (κ3) is 1.80. The Morgan fingerprint density at radius 1 is 1.50 bits per heavy atom. The van der Waals surface area contributed by atoms with Crippen molar-refractivity contribution >= 4 is 10.9 Å². The fourth-order valence-corrected chi connectivity index (χ4v) is 1.84. The van der Waals surface area contributed by atoms with Crippen molar-refractivity contribution in [2.45, 2.75) is 18.9 Å². The molecule has 2 rings (SSSR count). The van der Waals surface area contributed by atoms with Gasteiger partial charge in [0.25, 0.3) is 0 Å². The van der Waals surface area contributed by atoms with Gasteiger partial charge in [0.15, 0.2) is 0 Å². The van der Waals surface area contributed by atoms with Crippen LogP contribution >= 0.6 is 0 Å². The fraction of sp³-hybridized carbons (Fsp3) is 0.308. The highest BCUT2D eigenvalue weighted by atomic mass is 16.3. The van der Waals surface area contributed by atoms with Crippen molar-refractivity contribution in [3.63, 3.8) is 0 Å². The van der Waals surface area contributed by atoms with Crippen molar-refractivity contribution in [2.24, 2.45) is 7.05 Å². The van der Waals surface area contributed by atoms with E-state index < -0.39 is 6.10 Å². The maximum atomic E-state index is 9.99. The molecule has 2 aromatic rings. The van der Waals surface area contributed by atoms with Crippen LogP contribution in [-0.4, -0.2) is 14.9 Å². The van der Waals surface area contributed by atoms with Gasteiger partial charge in [0, 0.05) is 18.9 Å². The van der Waals surface area contributed by atoms with Gasteiger partial charge in [0.2, 0.25) is 0 Å². The molecule has 0 aliphatic heterocycles. The minimum atomic E-state index is -0.581. The van der Waals surface area contributed by atoms with Crippen molar-refractivity contribution in [3.05, 3.63) is 30.0 Å². The Hall–Kier alpha value is -1.79. The van der Waals surface area contributed by atoms with E-state index in [1.807, 2.05) is 31.3 Å². The number of nitrogens with zero attached hydrogens (tertiary/aromatic N) is 2. The quantitative estimate of drug-likeness (QED) is 0.794. The number of aliphatic hydroxyl groups is 1. The number of hydrogen-bond donors (Lipinski definition) is 1. The van der Waals surface area contributed by atoms with Gasteiger partial charge in [-0.1, -0.05) is 18.2 Å². The molecular formula is C13H14N2O. The Kier molecular flexibility index (Phi) is 2.93. The number of aryl methyl sites for hydroxylation is 1. The van der Waals surface area contributed by atoms with Gasteiger partial charge in [0.1, 0.15) is 0 Å². The van der Waals surface area contributed by atoms with E-state index in [0.29, 0.717) is 18.5 Å². The minimum absolute atomic E-state index is 0.553. The summed E-state index contributed by atoms with van der Waals surface area (Å²) in [6, 6.07) is 7.86. The second kappa shape index (κ2) is 4.38. The molecule has 82 valence electrons. The summed E-state index contributed by atoms with van der Waals surface area (Å²) in [5.74, 6) is 2.53. The molecule has 0 fully saturated rings. The summed E-state index contributed by atoms with van der Waals surface area (Å²) >= 11 is 0. The Balaban J connectivity index is 2.41. The number of rotatable bonds is 3. The second-order valence-electron chi connectivity index (χ2n) is 3.78. The molecule has 16 heavy (non-hydrogen) atoms. The van der Waals surface area contributed by atoms with Crippen LogP contribution < -0.4 is 0 Å². The Morgan fingerprint density at radius 3 is 3.00 bits per heavy atom. The molecule has 1 heterocycles. The highest BCUT2D eigenvalue weighted by molar-refractivity contribution is 5.82. The van der Waals surface area contributed by atoms with E-state index in [0.717, 1.165) is 10.9 Å². The van der Waals surface area contributed by atoms with Crippen molar-refractivity contribution < 1.29 is 5.11 Å². The SMILES string of the molecule is C#CCCC(O)c1nn(C)c2ccccc12. The van der Waals surface area contributed by atoms with E-state index >= 15 is 0 Å². The lowest BCUT2D eigenvalue weighted by atomic mass is 10.1. The molecule has 0 aliphatic rings. The average Bonchev–Trinajstić information content (AvgIpc) is 2.65. The van der Waals surface area contributed by atoms with Gasteiger partial charge in [-0.3, -0.25) is 4.68 Å². The van der Waals surface area contributed by atoms with Crippen molar-refractivity contribution in [1.82, 2.24) is 9.78 Å². The molecule has 0 bridgehead atoms. The summed E-state index contributed by atoms with van der Waals surface area (Å²) in [4.78, 5) is 0. The van der Waals surface area contributed by atoms with Crippen LogP contribution in [0.5, 0.6) is 0 Å². The molecule has 0 amide bonds. The molecule has 3 nitrogen and oxygen atoms in total. The summed E-state index contributed by atoms with van der Waals surface area (Å²) < 4.78 is 1.78. The van der Waals surface area contributed by atoms with E-state index in [-0.39, 0.29) is 0 Å². The van der Waals surface area contributed by atoms with Crippen molar-refractivity contribution in [3.8, 4) is 12.3 Å². The number of para-hydroxylation sites is 1. The number of hydrogen-bond acceptors (Lipinski definition) is 2. The van der Waals surface area contributed by atoms with Crippen LogP contribution in [0.15, 0.2) is 24.3 Å². The lowest BCUT2D eigenvalue weighted by Crippen LogP contribution is -1.99. The molecule has 1 N–H and O–H groups in total. The van der Waals surface area contributed by atoms with Gasteiger partial charge in [-0.2, -0.15) is 5.10 Å². The molecule has 1 aromatic carbocycles. The highest BCUT2D eigenvalue weighted by Crippen LogP contribution is 2.25. The van der Waals surface area contributed by atoms with Crippen molar-refractivity contribution in [1.29, 1.82) is 0 Å². The summed E-state index contributed by atoms with van der Waals surface area (Å²) in [5, 5.41) is 15.3. The van der Waals surface area contributed by atoms with Crippen LogP contribution in [-0.2, 0) is 7.05 Å². The Bertz CT molecular complexity index is 536. The monoisotopic (exact) mass is 214 g/mol. The van der Waals surface area contributed by atoms with Crippen LogP contribution in [0.4, 0.5) is 0 Å². The van der Waals surface area contributed by atoms with Crippen LogP contribution in [0.2, 0.25) is 0 Å². The first-order valence-corrected chi connectivity index (χ1v) is 5.27. The van der Waals surface area contributed by atoms with E-state index in [1.165, 1.54) is 0 Å². The normalized spacial score (nSPS) is 12.6. The smallest absolute Gasteiger partial charge is 0.0993 e. The predicted octanol–water partition coefficient (Wildman–Crippen LogP) is 2.02. The summed E-state index contributed by atoms with van der Waals surface area (Å²) in [6.07, 6.45) is 5.72. The number of fused-ring (bicyclic) bond motifs is 1. The zero-order valence-corrected chi connectivity index (χ0v) is 9.22. The summed E-state index contributed by atoms with van der Waals surface area (Å²) in [6.45, 7) is 0. The molecule has 0 radical (unpaired) electrons. The van der Waals surface area contributed by atoms with Gasteiger partial charge in [-0.15, -0.1) is 12.3 Å². The third-order valence-corrected chi connectivity index (χ3v) is 2.66. The first-order chi connectivity index (χ1) is 7.74. The first-order valence-electron chi connectivity index (χ1n) is 5.27. The number of terminal acetylenes is 1. The van der Waals surface area contributed by atoms with Crippen molar-refractivity contribution in [2.75, 3.05) is 0 Å². The molecule has 0 saturated carbocycles. The lowest BCUT2D eigenvalue weighted by molar-refractivity contribution is 0.165. The zero-order valence-electron chi connectivity index (χ0n) is 9.22. The molecule has 1 aromatic heterocycles. The lowest BCUT2D eigenvalue weighted by Gasteiger charge is -2.05. The van der Waals surface area contributed by atoms with Gasteiger partial charge in [-0.05, 0) is 12.5 Å². The maximum absolute atomic E-state index is 9.99. The van der Waals surface area contributed by atoms with Crippen LogP contribution in [0.25, 0.3) is 10.9 Å². The van der Waals surface area contributed by atoms with Crippen LogP contribution in [0.1, 0.15) is 24.6 Å².